The molecule has 0 atom stereocenters. The molecule has 2 aromatic rings. The van der Waals surface area contributed by atoms with Gasteiger partial charge in [-0.05, 0) is 43.3 Å². The highest BCUT2D eigenvalue weighted by atomic mass is 79.9. The van der Waals surface area contributed by atoms with E-state index in [-0.39, 0.29) is 5.57 Å². The van der Waals surface area contributed by atoms with Crippen LogP contribution in [0.25, 0.3) is 6.08 Å². The lowest BCUT2D eigenvalue weighted by atomic mass is 10.1. The fourth-order valence-corrected chi connectivity index (χ4v) is 2.82. The normalized spacial score (nSPS) is 16.7. The van der Waals surface area contributed by atoms with Gasteiger partial charge in [-0.15, -0.1) is 0 Å². The summed E-state index contributed by atoms with van der Waals surface area (Å²) in [4.78, 5) is 37.9. The first-order valence-electron chi connectivity index (χ1n) is 7.18. The number of urea groups is 1. The van der Waals surface area contributed by atoms with Crippen LogP contribution in [-0.2, 0) is 16.6 Å². The van der Waals surface area contributed by atoms with Crippen LogP contribution in [0.15, 0.2) is 46.4 Å². The number of imide groups is 2. The number of benzene rings is 1. The van der Waals surface area contributed by atoms with Crippen molar-refractivity contribution in [2.24, 2.45) is 7.05 Å². The topological polar surface area (TPSA) is 71.4 Å². The number of hydrogen-bond acceptors (Lipinski definition) is 3. The number of nitrogens with zero attached hydrogens (tertiary/aromatic N) is 2. The van der Waals surface area contributed by atoms with Crippen LogP contribution in [0.3, 0.4) is 0 Å². The van der Waals surface area contributed by atoms with Gasteiger partial charge in [-0.3, -0.25) is 14.9 Å². The minimum absolute atomic E-state index is 0.0872. The second-order valence-electron chi connectivity index (χ2n) is 5.40. The molecule has 0 aliphatic carbocycles. The highest BCUT2D eigenvalue weighted by Crippen LogP contribution is 2.24. The first-order valence-corrected chi connectivity index (χ1v) is 7.97. The average molecular weight is 388 g/mol. The van der Waals surface area contributed by atoms with Crippen molar-refractivity contribution in [3.8, 4) is 0 Å². The smallest absolute Gasteiger partial charge is 0.335 e. The lowest BCUT2D eigenvalue weighted by Gasteiger charge is -2.26. The largest absolute Gasteiger partial charge is 0.348 e. The monoisotopic (exact) mass is 387 g/mol. The van der Waals surface area contributed by atoms with Crippen molar-refractivity contribution in [3.05, 3.63) is 57.8 Å². The van der Waals surface area contributed by atoms with Crippen molar-refractivity contribution in [3.63, 3.8) is 0 Å². The van der Waals surface area contributed by atoms with E-state index in [1.165, 1.54) is 6.08 Å². The summed E-state index contributed by atoms with van der Waals surface area (Å²) < 4.78 is 2.58. The molecule has 1 aliphatic heterocycles. The first kappa shape index (κ1) is 16.2. The van der Waals surface area contributed by atoms with Crippen molar-refractivity contribution < 1.29 is 14.4 Å². The van der Waals surface area contributed by atoms with Crippen LogP contribution >= 0.6 is 15.9 Å². The van der Waals surface area contributed by atoms with Crippen molar-refractivity contribution in [2.45, 2.75) is 6.92 Å². The minimum atomic E-state index is -0.761. The molecule has 0 saturated carbocycles. The summed E-state index contributed by atoms with van der Waals surface area (Å²) >= 11 is 3.31. The van der Waals surface area contributed by atoms with Gasteiger partial charge in [0.1, 0.15) is 5.57 Å². The highest BCUT2D eigenvalue weighted by Gasteiger charge is 2.37. The predicted octanol–water partition coefficient (Wildman–Crippen LogP) is 2.76. The van der Waals surface area contributed by atoms with E-state index >= 15 is 0 Å². The number of anilines is 1. The zero-order chi connectivity index (χ0) is 17.4. The number of carbonyl (C=O) groups excluding carboxylic acids is 3. The van der Waals surface area contributed by atoms with E-state index in [4.69, 9.17) is 0 Å². The molecule has 24 heavy (non-hydrogen) atoms. The van der Waals surface area contributed by atoms with Crippen LogP contribution in [0.4, 0.5) is 10.5 Å². The van der Waals surface area contributed by atoms with Crippen molar-refractivity contribution in [2.75, 3.05) is 4.90 Å². The van der Waals surface area contributed by atoms with E-state index in [0.29, 0.717) is 11.4 Å². The van der Waals surface area contributed by atoms with Gasteiger partial charge in [0.05, 0.1) is 5.69 Å². The third-order valence-corrected chi connectivity index (χ3v) is 4.37. The molecule has 2 heterocycles. The molecular formula is C17H14BrN3O3. The molecule has 1 fully saturated rings. The maximum Gasteiger partial charge on any atom is 0.335 e. The molecule has 0 spiro atoms. The summed E-state index contributed by atoms with van der Waals surface area (Å²) in [5.74, 6) is -1.35. The van der Waals surface area contributed by atoms with Crippen LogP contribution < -0.4 is 10.2 Å². The molecule has 122 valence electrons. The molecule has 7 heteroatoms. The Bertz CT molecular complexity index is 898. The van der Waals surface area contributed by atoms with Gasteiger partial charge < -0.3 is 4.57 Å². The van der Waals surface area contributed by atoms with Gasteiger partial charge in [-0.25, -0.2) is 9.69 Å². The molecule has 1 N–H and O–H groups in total. The summed E-state index contributed by atoms with van der Waals surface area (Å²) in [7, 11) is 1.84. The summed E-state index contributed by atoms with van der Waals surface area (Å²) in [6, 6.07) is 9.69. The fourth-order valence-electron chi connectivity index (χ4n) is 2.43. The molecule has 4 amide bonds. The molecule has 1 aliphatic rings. The summed E-state index contributed by atoms with van der Waals surface area (Å²) in [5, 5.41) is 2.21. The zero-order valence-corrected chi connectivity index (χ0v) is 14.6. The molecule has 0 unspecified atom stereocenters. The zero-order valence-electron chi connectivity index (χ0n) is 13.0. The van der Waals surface area contributed by atoms with Gasteiger partial charge in [-0.2, -0.15) is 0 Å². The molecule has 1 saturated heterocycles. The van der Waals surface area contributed by atoms with Crippen LogP contribution in [-0.4, -0.2) is 22.4 Å². The minimum Gasteiger partial charge on any atom is -0.348 e. The van der Waals surface area contributed by atoms with Crippen LogP contribution in [0.1, 0.15) is 11.4 Å². The third-order valence-electron chi connectivity index (χ3n) is 3.87. The standard InChI is InChI=1S/C17H14BrN3O3/c1-10-6-7-12(20(10)2)9-14-15(22)19-17(24)21(16(14)23)13-5-3-4-11(18)8-13/h3-9H,1-2H3,(H,19,22,24)/b14-9+. The van der Waals surface area contributed by atoms with Crippen LogP contribution in [0.2, 0.25) is 0 Å². The molecule has 1 aromatic carbocycles. The van der Waals surface area contributed by atoms with Gasteiger partial charge in [-0.1, -0.05) is 22.0 Å². The molecule has 0 bridgehead atoms. The van der Waals surface area contributed by atoms with E-state index in [1.54, 1.807) is 24.3 Å². The number of aromatic nitrogens is 1. The Morgan fingerprint density at radius 3 is 2.50 bits per heavy atom. The number of amides is 4. The van der Waals surface area contributed by atoms with E-state index in [9.17, 15) is 14.4 Å². The van der Waals surface area contributed by atoms with Gasteiger partial charge in [0.2, 0.25) is 0 Å². The predicted molar refractivity (Wildman–Crippen MR) is 93.3 cm³/mol. The van der Waals surface area contributed by atoms with Crippen molar-refractivity contribution >= 4 is 45.5 Å². The molecule has 0 radical (unpaired) electrons. The number of halogens is 1. The van der Waals surface area contributed by atoms with Crippen molar-refractivity contribution in [1.82, 2.24) is 9.88 Å². The Kier molecular flexibility index (Phi) is 4.11. The van der Waals surface area contributed by atoms with Crippen LogP contribution in [0, 0.1) is 6.92 Å². The summed E-state index contributed by atoms with van der Waals surface area (Å²) in [5.41, 5.74) is 1.99. The molecule has 3 rings (SSSR count). The Morgan fingerprint density at radius 1 is 1.12 bits per heavy atom. The Labute approximate surface area is 146 Å². The Hall–Kier alpha value is -2.67. The van der Waals surface area contributed by atoms with Gasteiger partial charge >= 0.3 is 6.03 Å². The number of hydrogen-bond donors (Lipinski definition) is 1. The van der Waals surface area contributed by atoms with Gasteiger partial charge in [0.25, 0.3) is 11.8 Å². The molecule has 6 nitrogen and oxygen atoms in total. The van der Waals surface area contributed by atoms with E-state index in [2.05, 4.69) is 21.2 Å². The number of nitrogens with one attached hydrogen (secondary N) is 1. The first-order chi connectivity index (χ1) is 11.4. The summed E-state index contributed by atoms with van der Waals surface area (Å²) in [6.45, 7) is 1.92. The second-order valence-corrected chi connectivity index (χ2v) is 6.31. The number of barbiturate groups is 1. The highest BCUT2D eigenvalue weighted by molar-refractivity contribution is 9.10. The van der Waals surface area contributed by atoms with Crippen molar-refractivity contribution in [1.29, 1.82) is 0 Å². The SMILES string of the molecule is Cc1ccc(/C=C2\C(=O)NC(=O)N(c3cccc(Br)c3)C2=O)n1C. The maximum absolute atomic E-state index is 12.7. The van der Waals surface area contributed by atoms with Gasteiger partial charge in [0, 0.05) is 22.9 Å². The van der Waals surface area contributed by atoms with E-state index in [1.807, 2.05) is 30.7 Å². The maximum atomic E-state index is 12.7. The van der Waals surface area contributed by atoms with E-state index < -0.39 is 17.8 Å². The van der Waals surface area contributed by atoms with E-state index in [0.717, 1.165) is 15.1 Å². The average Bonchev–Trinajstić information content (AvgIpc) is 2.83. The summed E-state index contributed by atoms with van der Waals surface area (Å²) in [6.07, 6.45) is 1.49. The lowest BCUT2D eigenvalue weighted by Crippen LogP contribution is -2.54. The fraction of sp³-hybridized carbons (Fsp3) is 0.118. The lowest BCUT2D eigenvalue weighted by molar-refractivity contribution is -0.122. The van der Waals surface area contributed by atoms with Gasteiger partial charge in [0.15, 0.2) is 0 Å². The molecule has 1 aromatic heterocycles. The number of carbonyl (C=O) groups is 3. The Morgan fingerprint density at radius 2 is 1.88 bits per heavy atom. The molecular weight excluding hydrogens is 374 g/mol. The van der Waals surface area contributed by atoms with Crippen LogP contribution in [0.5, 0.6) is 0 Å². The third kappa shape index (κ3) is 2.78. The second kappa shape index (κ2) is 6.09. The number of aryl methyl sites for hydroxylation is 1. The Balaban J connectivity index is 2.05. The quantitative estimate of drug-likeness (QED) is 0.635. The number of rotatable bonds is 2.